The van der Waals surface area contributed by atoms with Crippen molar-refractivity contribution in [2.24, 2.45) is 0 Å². The number of hydrogen-bond donors (Lipinski definition) is 2. The van der Waals surface area contributed by atoms with Crippen LogP contribution in [0.2, 0.25) is 0 Å². The Kier molecular flexibility index (Phi) is 4.12. The van der Waals surface area contributed by atoms with Gasteiger partial charge >= 0.3 is 5.97 Å². The van der Waals surface area contributed by atoms with Crippen molar-refractivity contribution in [3.8, 4) is 11.4 Å². The van der Waals surface area contributed by atoms with Crippen LogP contribution in [0.4, 0.5) is 0 Å². The fourth-order valence-corrected chi connectivity index (χ4v) is 3.10. The summed E-state index contributed by atoms with van der Waals surface area (Å²) < 4.78 is 1.56. The largest absolute Gasteiger partial charge is 0.476 e. The van der Waals surface area contributed by atoms with E-state index in [-0.39, 0.29) is 18.8 Å². The number of carboxylic acids is 1. The second-order valence-electron chi connectivity index (χ2n) is 5.01. The van der Waals surface area contributed by atoms with E-state index < -0.39 is 5.97 Å². The van der Waals surface area contributed by atoms with E-state index in [4.69, 9.17) is 0 Å². The topological polar surface area (TPSA) is 101 Å². The van der Waals surface area contributed by atoms with Crippen molar-refractivity contribution >= 4 is 17.7 Å². The molecule has 0 saturated carbocycles. The third-order valence-electron chi connectivity index (χ3n) is 3.69. The predicted octanol–water partition coefficient (Wildman–Crippen LogP) is 1.24. The van der Waals surface area contributed by atoms with E-state index in [2.05, 4.69) is 15.1 Å². The number of hydrogen-bond acceptors (Lipinski definition) is 6. The Morgan fingerprint density at radius 3 is 2.95 bits per heavy atom. The summed E-state index contributed by atoms with van der Waals surface area (Å²) in [5.74, 6) is -1.05. The van der Waals surface area contributed by atoms with Gasteiger partial charge in [-0.2, -0.15) is 5.10 Å². The summed E-state index contributed by atoms with van der Waals surface area (Å²) in [6.07, 6.45) is 5.96. The van der Waals surface area contributed by atoms with Crippen LogP contribution in [0.3, 0.4) is 0 Å². The number of aromatic nitrogens is 4. The maximum absolute atomic E-state index is 11.5. The number of aryl methyl sites for hydroxylation is 1. The summed E-state index contributed by atoms with van der Waals surface area (Å²) in [4.78, 5) is 20.3. The van der Waals surface area contributed by atoms with Crippen LogP contribution in [0.15, 0.2) is 11.4 Å². The van der Waals surface area contributed by atoms with Crippen LogP contribution < -0.4 is 0 Å². The lowest BCUT2D eigenvalue weighted by Crippen LogP contribution is -2.09. The zero-order valence-electron chi connectivity index (χ0n) is 12.1. The molecule has 0 radical (unpaired) electrons. The van der Waals surface area contributed by atoms with E-state index in [0.29, 0.717) is 22.8 Å². The minimum atomic E-state index is -1.05. The molecule has 0 aromatic carbocycles. The molecule has 116 valence electrons. The summed E-state index contributed by atoms with van der Waals surface area (Å²) in [5.41, 5.74) is 3.19. The minimum absolute atomic E-state index is 0.0561. The van der Waals surface area contributed by atoms with Gasteiger partial charge in [-0.3, -0.25) is 4.68 Å². The molecule has 0 amide bonds. The highest BCUT2D eigenvalue weighted by Crippen LogP contribution is 2.33. The molecule has 0 atom stereocenters. The molecule has 2 aromatic rings. The van der Waals surface area contributed by atoms with E-state index in [1.54, 1.807) is 10.9 Å². The lowest BCUT2D eigenvalue weighted by atomic mass is 10.1. The molecule has 0 unspecified atom stereocenters. The molecule has 2 heterocycles. The van der Waals surface area contributed by atoms with Gasteiger partial charge in [0.05, 0.1) is 24.5 Å². The van der Waals surface area contributed by atoms with Crippen LogP contribution in [0.1, 0.15) is 28.0 Å². The van der Waals surface area contributed by atoms with Crippen molar-refractivity contribution in [1.82, 2.24) is 19.7 Å². The average molecular weight is 320 g/mol. The first-order valence-electron chi connectivity index (χ1n) is 6.99. The molecule has 1 aliphatic carbocycles. The van der Waals surface area contributed by atoms with Crippen molar-refractivity contribution < 1.29 is 15.0 Å². The summed E-state index contributed by atoms with van der Waals surface area (Å²) in [7, 11) is 0. The monoisotopic (exact) mass is 320 g/mol. The standard InChI is InChI=1S/C14H16N4O3S/c1-22-14-15-7-8-3-2-4-9-11(13(20)21)17-18(5-6-19)12(9)10(8)16-14/h7,19H,2-6H2,1H3,(H,20,21). The Morgan fingerprint density at radius 2 is 2.27 bits per heavy atom. The molecule has 0 bridgehead atoms. The molecule has 22 heavy (non-hydrogen) atoms. The zero-order valence-corrected chi connectivity index (χ0v) is 12.9. The zero-order chi connectivity index (χ0) is 15.7. The number of fused-ring (bicyclic) bond motifs is 3. The lowest BCUT2D eigenvalue weighted by molar-refractivity contribution is 0.0688. The van der Waals surface area contributed by atoms with Gasteiger partial charge < -0.3 is 10.2 Å². The molecule has 7 nitrogen and oxygen atoms in total. The number of nitrogens with zero attached hydrogens (tertiary/aromatic N) is 4. The normalized spacial score (nSPS) is 13.4. The fraction of sp³-hybridized carbons (Fsp3) is 0.429. The highest BCUT2D eigenvalue weighted by Gasteiger charge is 2.28. The summed E-state index contributed by atoms with van der Waals surface area (Å²) in [6.45, 7) is 0.136. The van der Waals surface area contributed by atoms with Crippen molar-refractivity contribution in [2.75, 3.05) is 12.9 Å². The molecule has 0 fully saturated rings. The van der Waals surface area contributed by atoms with Crippen molar-refractivity contribution in [1.29, 1.82) is 0 Å². The molecule has 0 spiro atoms. The Bertz CT molecular complexity index is 729. The molecule has 2 aromatic heterocycles. The van der Waals surface area contributed by atoms with Crippen LogP contribution in [-0.2, 0) is 19.4 Å². The highest BCUT2D eigenvalue weighted by molar-refractivity contribution is 7.98. The van der Waals surface area contributed by atoms with E-state index in [9.17, 15) is 15.0 Å². The first-order valence-corrected chi connectivity index (χ1v) is 8.22. The Labute approximate surface area is 131 Å². The van der Waals surface area contributed by atoms with Crippen LogP contribution >= 0.6 is 11.8 Å². The minimum Gasteiger partial charge on any atom is -0.476 e. The van der Waals surface area contributed by atoms with E-state index in [1.807, 2.05) is 6.26 Å². The molecule has 0 aliphatic heterocycles. The van der Waals surface area contributed by atoms with Crippen molar-refractivity contribution in [3.63, 3.8) is 0 Å². The van der Waals surface area contributed by atoms with Gasteiger partial charge in [0.15, 0.2) is 10.9 Å². The number of carbonyl (C=O) groups is 1. The second-order valence-corrected chi connectivity index (χ2v) is 5.79. The number of thioether (sulfide) groups is 1. The van der Waals surface area contributed by atoms with Gasteiger partial charge in [-0.15, -0.1) is 0 Å². The van der Waals surface area contributed by atoms with Gasteiger partial charge in [0.1, 0.15) is 0 Å². The van der Waals surface area contributed by atoms with Gasteiger partial charge in [0, 0.05) is 11.8 Å². The number of aliphatic hydroxyl groups excluding tert-OH is 1. The lowest BCUT2D eigenvalue weighted by Gasteiger charge is -2.10. The molecule has 0 saturated heterocycles. The first-order chi connectivity index (χ1) is 10.7. The second kappa shape index (κ2) is 6.05. The Balaban J connectivity index is 2.27. The maximum atomic E-state index is 11.5. The van der Waals surface area contributed by atoms with Crippen molar-refractivity contribution in [2.45, 2.75) is 31.0 Å². The van der Waals surface area contributed by atoms with Crippen molar-refractivity contribution in [3.05, 3.63) is 23.0 Å². The molecule has 8 heteroatoms. The van der Waals surface area contributed by atoms with Gasteiger partial charge in [-0.1, -0.05) is 11.8 Å². The Morgan fingerprint density at radius 1 is 1.45 bits per heavy atom. The van der Waals surface area contributed by atoms with Crippen LogP contribution in [0.25, 0.3) is 11.4 Å². The number of carboxylic acid groups (broad SMARTS) is 1. The summed E-state index contributed by atoms with van der Waals surface area (Å²) in [5, 5.41) is 23.4. The molecule has 2 N–H and O–H groups in total. The average Bonchev–Trinajstić information content (AvgIpc) is 2.76. The summed E-state index contributed by atoms with van der Waals surface area (Å²) in [6, 6.07) is 0. The smallest absolute Gasteiger partial charge is 0.356 e. The van der Waals surface area contributed by atoms with E-state index >= 15 is 0 Å². The third kappa shape index (κ3) is 2.48. The SMILES string of the molecule is CSc1ncc2c(n1)-c1c(c(C(=O)O)nn1CCO)CCC2. The predicted molar refractivity (Wildman–Crippen MR) is 81.1 cm³/mol. The molecule has 1 aliphatic rings. The van der Waals surface area contributed by atoms with Crippen LogP contribution in [0, 0.1) is 0 Å². The quantitative estimate of drug-likeness (QED) is 0.645. The van der Waals surface area contributed by atoms with Gasteiger partial charge in [-0.25, -0.2) is 14.8 Å². The third-order valence-corrected chi connectivity index (χ3v) is 4.25. The molecular formula is C14H16N4O3S. The fourth-order valence-electron chi connectivity index (χ4n) is 2.76. The summed E-state index contributed by atoms with van der Waals surface area (Å²) >= 11 is 1.44. The Hall–Kier alpha value is -1.93. The van der Waals surface area contributed by atoms with Gasteiger partial charge in [-0.05, 0) is 31.1 Å². The highest BCUT2D eigenvalue weighted by atomic mass is 32.2. The first kappa shape index (κ1) is 15.0. The molecular weight excluding hydrogens is 304 g/mol. The van der Waals surface area contributed by atoms with Crippen LogP contribution in [-0.4, -0.2) is 48.8 Å². The van der Waals surface area contributed by atoms with E-state index in [1.165, 1.54) is 11.8 Å². The van der Waals surface area contributed by atoms with Gasteiger partial charge in [0.2, 0.25) is 0 Å². The van der Waals surface area contributed by atoms with Gasteiger partial charge in [0.25, 0.3) is 0 Å². The molecule has 3 rings (SSSR count). The van der Waals surface area contributed by atoms with Crippen LogP contribution in [0.5, 0.6) is 0 Å². The van der Waals surface area contributed by atoms with E-state index in [0.717, 1.165) is 24.1 Å². The number of aromatic carboxylic acids is 1. The number of aliphatic hydroxyl groups is 1. The number of rotatable bonds is 4. The maximum Gasteiger partial charge on any atom is 0.356 e.